The number of nitrogens with zero attached hydrogens (tertiary/aromatic N) is 3. The molecule has 7 nitrogen and oxygen atoms in total. The molecule has 124 valence electrons. The highest BCUT2D eigenvalue weighted by Gasteiger charge is 2.48. The summed E-state index contributed by atoms with van der Waals surface area (Å²) in [5.41, 5.74) is 1.51. The molecule has 1 N–H and O–H groups in total. The number of ether oxygens (including phenoxy) is 1. The number of rotatable bonds is 2. The second-order valence-corrected chi connectivity index (χ2v) is 7.57. The molecule has 1 amide bonds. The molecule has 1 aromatic heterocycles. The van der Waals surface area contributed by atoms with E-state index in [0.29, 0.717) is 23.3 Å². The molecule has 24 heavy (non-hydrogen) atoms. The van der Waals surface area contributed by atoms with Crippen LogP contribution >= 0.6 is 11.8 Å². The fourth-order valence-electron chi connectivity index (χ4n) is 3.89. The van der Waals surface area contributed by atoms with Gasteiger partial charge in [-0.1, -0.05) is 17.8 Å². The van der Waals surface area contributed by atoms with Gasteiger partial charge in [0.1, 0.15) is 5.70 Å². The number of aromatic nitrogens is 2. The summed E-state index contributed by atoms with van der Waals surface area (Å²) in [5, 5.41) is 10.5. The first-order chi connectivity index (χ1) is 11.6. The van der Waals surface area contributed by atoms with Crippen LogP contribution in [0.1, 0.15) is 24.6 Å². The monoisotopic (exact) mass is 345 g/mol. The second-order valence-electron chi connectivity index (χ2n) is 6.36. The highest BCUT2D eigenvalue weighted by atomic mass is 32.2. The molecular weight excluding hydrogens is 330 g/mol. The molecule has 8 heteroatoms. The summed E-state index contributed by atoms with van der Waals surface area (Å²) in [6, 6.07) is 0.266. The van der Waals surface area contributed by atoms with E-state index in [9.17, 15) is 9.59 Å². The largest absolute Gasteiger partial charge is 0.477 e. The Hall–Kier alpha value is -2.06. The van der Waals surface area contributed by atoms with Gasteiger partial charge in [0.05, 0.1) is 29.6 Å². The smallest absolute Gasteiger partial charge is 0.352 e. The van der Waals surface area contributed by atoms with Gasteiger partial charge in [-0.25, -0.2) is 9.78 Å². The van der Waals surface area contributed by atoms with Gasteiger partial charge < -0.3 is 14.4 Å². The third-order valence-electron chi connectivity index (χ3n) is 5.05. The Balaban J connectivity index is 1.40. The van der Waals surface area contributed by atoms with E-state index in [1.54, 1.807) is 17.8 Å². The molecular formula is C16H15N3O4S. The predicted octanol–water partition coefficient (Wildman–Crippen LogP) is 1.29. The summed E-state index contributed by atoms with van der Waals surface area (Å²) in [4.78, 5) is 29.4. The summed E-state index contributed by atoms with van der Waals surface area (Å²) in [6.07, 6.45) is 6.97. The van der Waals surface area contributed by atoms with E-state index in [4.69, 9.17) is 9.84 Å². The van der Waals surface area contributed by atoms with Crippen LogP contribution in [0.4, 0.5) is 0 Å². The summed E-state index contributed by atoms with van der Waals surface area (Å²) >= 11 is 1.73. The molecule has 5 rings (SSSR count). The lowest BCUT2D eigenvalue weighted by molar-refractivity contribution is -0.142. The zero-order chi connectivity index (χ0) is 16.4. The number of carbonyl (C=O) groups excluding carboxylic acids is 1. The van der Waals surface area contributed by atoms with E-state index in [0.717, 1.165) is 30.5 Å². The van der Waals surface area contributed by atoms with Gasteiger partial charge in [0.25, 0.3) is 5.91 Å². The predicted molar refractivity (Wildman–Crippen MR) is 85.3 cm³/mol. The topological polar surface area (TPSA) is 84.7 Å². The van der Waals surface area contributed by atoms with Crippen LogP contribution in [-0.2, 0) is 14.3 Å². The molecule has 4 aliphatic rings. The average molecular weight is 345 g/mol. The SMILES string of the molecule is O=C(O)C1=CCC2/C(=C\c3cn4c(n3)SC3COCCC34)C(=O)N12. The van der Waals surface area contributed by atoms with Crippen molar-refractivity contribution in [1.82, 2.24) is 14.5 Å². The third-order valence-corrected chi connectivity index (χ3v) is 6.32. The molecule has 0 spiro atoms. The van der Waals surface area contributed by atoms with Crippen LogP contribution in [0, 0.1) is 0 Å². The third kappa shape index (κ3) is 1.86. The number of hydrogen-bond donors (Lipinski definition) is 1. The quantitative estimate of drug-likeness (QED) is 0.642. The lowest BCUT2D eigenvalue weighted by atomic mass is 9.94. The number of thioether (sulfide) groups is 1. The van der Waals surface area contributed by atoms with Gasteiger partial charge >= 0.3 is 5.97 Å². The second kappa shape index (κ2) is 4.97. The molecule has 3 unspecified atom stereocenters. The highest BCUT2D eigenvalue weighted by molar-refractivity contribution is 8.00. The number of carboxylic acids is 1. The first-order valence-corrected chi connectivity index (χ1v) is 8.83. The van der Waals surface area contributed by atoms with Gasteiger partial charge in [0.15, 0.2) is 5.16 Å². The summed E-state index contributed by atoms with van der Waals surface area (Å²) < 4.78 is 7.71. The molecule has 0 bridgehead atoms. The Bertz CT molecular complexity index is 827. The molecule has 1 aromatic rings. The Morgan fingerprint density at radius 1 is 1.50 bits per heavy atom. The van der Waals surface area contributed by atoms with E-state index in [1.807, 2.05) is 12.3 Å². The number of fused-ring (bicyclic) bond motifs is 4. The van der Waals surface area contributed by atoms with Gasteiger partial charge in [-0.2, -0.15) is 0 Å². The highest BCUT2D eigenvalue weighted by Crippen LogP contribution is 2.44. The minimum Gasteiger partial charge on any atom is -0.477 e. The van der Waals surface area contributed by atoms with Crippen molar-refractivity contribution < 1.29 is 19.4 Å². The van der Waals surface area contributed by atoms with Crippen LogP contribution in [0.3, 0.4) is 0 Å². The Labute approximate surface area is 142 Å². The Morgan fingerprint density at radius 3 is 3.21 bits per heavy atom. The fraction of sp³-hybridized carbons (Fsp3) is 0.438. The number of imidazole rings is 1. The van der Waals surface area contributed by atoms with Crippen LogP contribution in [0.5, 0.6) is 0 Å². The molecule has 0 saturated carbocycles. The van der Waals surface area contributed by atoms with Crippen molar-refractivity contribution in [1.29, 1.82) is 0 Å². The fourth-order valence-corrected chi connectivity index (χ4v) is 5.22. The van der Waals surface area contributed by atoms with Crippen molar-refractivity contribution in [3.8, 4) is 0 Å². The van der Waals surface area contributed by atoms with Crippen molar-refractivity contribution in [2.75, 3.05) is 13.2 Å². The zero-order valence-electron chi connectivity index (χ0n) is 12.7. The summed E-state index contributed by atoms with van der Waals surface area (Å²) in [6.45, 7) is 1.53. The van der Waals surface area contributed by atoms with Crippen LogP contribution in [0.2, 0.25) is 0 Å². The van der Waals surface area contributed by atoms with Gasteiger partial charge in [-0.3, -0.25) is 9.69 Å². The number of hydrogen-bond acceptors (Lipinski definition) is 5. The van der Waals surface area contributed by atoms with Crippen LogP contribution in [-0.4, -0.2) is 55.9 Å². The first-order valence-electron chi connectivity index (χ1n) is 7.95. The van der Waals surface area contributed by atoms with E-state index in [2.05, 4.69) is 9.55 Å². The van der Waals surface area contributed by atoms with Gasteiger partial charge in [0.2, 0.25) is 0 Å². The number of carboxylic acid groups (broad SMARTS) is 1. The Kier molecular flexibility index (Phi) is 2.96. The van der Waals surface area contributed by atoms with Crippen molar-refractivity contribution in [2.24, 2.45) is 0 Å². The maximum atomic E-state index is 12.3. The van der Waals surface area contributed by atoms with Crippen molar-refractivity contribution in [3.05, 3.63) is 29.2 Å². The summed E-state index contributed by atoms with van der Waals surface area (Å²) in [5.74, 6) is -1.27. The van der Waals surface area contributed by atoms with Crippen LogP contribution in [0.15, 0.2) is 28.7 Å². The van der Waals surface area contributed by atoms with Gasteiger partial charge in [-0.15, -0.1) is 0 Å². The molecule has 3 atom stereocenters. The first kappa shape index (κ1) is 14.3. The molecule has 0 aliphatic carbocycles. The van der Waals surface area contributed by atoms with Gasteiger partial charge in [0, 0.05) is 18.4 Å². The van der Waals surface area contributed by atoms with Crippen LogP contribution in [0.25, 0.3) is 6.08 Å². The molecule has 4 aliphatic heterocycles. The Morgan fingerprint density at radius 2 is 2.38 bits per heavy atom. The number of carbonyl (C=O) groups is 2. The average Bonchev–Trinajstić information content (AvgIpc) is 3.22. The molecule has 2 saturated heterocycles. The lowest BCUT2D eigenvalue weighted by Crippen LogP contribution is -2.52. The van der Waals surface area contributed by atoms with Crippen molar-refractivity contribution >= 4 is 29.7 Å². The standard InChI is InChI=1S/C16H15N3O4S/c20-14-9(10-1-2-12(15(21)22)19(10)14)5-8-6-18-11-3-4-23-7-13(11)24-16(18)17-8/h2,5-6,10-11,13H,1,3-4,7H2,(H,21,22)/b9-5+. The molecule has 0 aromatic carbocycles. The van der Waals surface area contributed by atoms with Crippen LogP contribution < -0.4 is 0 Å². The van der Waals surface area contributed by atoms with Crippen molar-refractivity contribution in [2.45, 2.75) is 35.3 Å². The normalized spacial score (nSPS) is 32.2. The van der Waals surface area contributed by atoms with E-state index < -0.39 is 5.97 Å². The molecule has 0 radical (unpaired) electrons. The van der Waals surface area contributed by atoms with Gasteiger partial charge in [-0.05, 0) is 18.9 Å². The number of amides is 1. The van der Waals surface area contributed by atoms with E-state index in [-0.39, 0.29) is 17.6 Å². The maximum absolute atomic E-state index is 12.3. The lowest BCUT2D eigenvalue weighted by Gasteiger charge is -2.38. The zero-order valence-corrected chi connectivity index (χ0v) is 13.5. The number of β-lactam (4-membered cyclic amide) rings is 1. The number of aliphatic carboxylic acids is 1. The van der Waals surface area contributed by atoms with E-state index in [1.165, 1.54) is 4.90 Å². The van der Waals surface area contributed by atoms with E-state index >= 15 is 0 Å². The van der Waals surface area contributed by atoms with Crippen molar-refractivity contribution in [3.63, 3.8) is 0 Å². The molecule has 2 fully saturated rings. The maximum Gasteiger partial charge on any atom is 0.352 e. The molecule has 5 heterocycles. The minimum absolute atomic E-state index is 0.0927. The minimum atomic E-state index is -1.05. The summed E-state index contributed by atoms with van der Waals surface area (Å²) in [7, 11) is 0.